The van der Waals surface area contributed by atoms with E-state index in [4.69, 9.17) is 0 Å². The van der Waals surface area contributed by atoms with Crippen molar-refractivity contribution in [3.63, 3.8) is 0 Å². The maximum absolute atomic E-state index is 12.3. The van der Waals surface area contributed by atoms with Crippen molar-refractivity contribution in [2.24, 2.45) is 5.92 Å². The molecule has 1 aliphatic heterocycles. The van der Waals surface area contributed by atoms with Crippen molar-refractivity contribution in [2.75, 3.05) is 43.8 Å². The smallest absolute Gasteiger partial charge is 0.240 e. The Kier molecular flexibility index (Phi) is 7.06. The number of benzene rings is 1. The average Bonchev–Trinajstić information content (AvgIpc) is 2.56. The topological polar surface area (TPSA) is 69.7 Å². The third-order valence-electron chi connectivity index (χ3n) is 5.18. The number of sulfonamides is 1. The fraction of sp³-hybridized carbons (Fsp3) is 0.632. The van der Waals surface area contributed by atoms with Crippen molar-refractivity contribution in [1.29, 1.82) is 0 Å². The molecule has 0 radical (unpaired) electrons. The molecule has 26 heavy (non-hydrogen) atoms. The molecule has 1 amide bonds. The Labute approximate surface area is 157 Å². The highest BCUT2D eigenvalue weighted by Gasteiger charge is 2.22. The highest BCUT2D eigenvalue weighted by molar-refractivity contribution is 7.92. The Morgan fingerprint density at radius 2 is 1.88 bits per heavy atom. The molecule has 1 heterocycles. The van der Waals surface area contributed by atoms with Crippen molar-refractivity contribution >= 4 is 21.6 Å². The zero-order valence-electron chi connectivity index (χ0n) is 16.3. The monoisotopic (exact) mass is 381 g/mol. The number of hydrogen-bond acceptors (Lipinski definition) is 4. The van der Waals surface area contributed by atoms with Crippen LogP contribution >= 0.6 is 0 Å². The lowest BCUT2D eigenvalue weighted by Crippen LogP contribution is -2.41. The number of anilines is 1. The SMILES string of the molecule is Cc1ccc(N(CC(=O)NCCC2CCN(C)CC2)S(C)(=O)=O)cc1C. The van der Waals surface area contributed by atoms with Gasteiger partial charge in [0.25, 0.3) is 0 Å². The van der Waals surface area contributed by atoms with Gasteiger partial charge in [0.15, 0.2) is 0 Å². The van der Waals surface area contributed by atoms with Crippen molar-refractivity contribution < 1.29 is 13.2 Å². The number of likely N-dealkylation sites (tertiary alicyclic amines) is 1. The van der Waals surface area contributed by atoms with Crippen LogP contribution in [0.25, 0.3) is 0 Å². The van der Waals surface area contributed by atoms with Gasteiger partial charge in [-0.05, 0) is 82.4 Å². The second kappa shape index (κ2) is 8.86. The minimum Gasteiger partial charge on any atom is -0.355 e. The molecular weight excluding hydrogens is 350 g/mol. The molecule has 1 aliphatic rings. The maximum Gasteiger partial charge on any atom is 0.240 e. The average molecular weight is 382 g/mol. The molecule has 7 heteroatoms. The van der Waals surface area contributed by atoms with Gasteiger partial charge in [-0.15, -0.1) is 0 Å². The number of carbonyl (C=O) groups is 1. The Balaban J connectivity index is 1.91. The molecule has 146 valence electrons. The summed E-state index contributed by atoms with van der Waals surface area (Å²) in [5.41, 5.74) is 2.62. The number of nitrogens with one attached hydrogen (secondary N) is 1. The number of piperidine rings is 1. The molecule has 0 spiro atoms. The van der Waals surface area contributed by atoms with E-state index in [1.165, 1.54) is 4.31 Å². The first kappa shape index (κ1) is 20.7. The maximum atomic E-state index is 12.3. The normalized spacial score (nSPS) is 16.5. The first-order chi connectivity index (χ1) is 12.2. The Morgan fingerprint density at radius 1 is 1.23 bits per heavy atom. The van der Waals surface area contributed by atoms with E-state index in [2.05, 4.69) is 17.3 Å². The quantitative estimate of drug-likeness (QED) is 0.783. The van der Waals surface area contributed by atoms with Crippen LogP contribution in [0.3, 0.4) is 0 Å². The molecule has 0 aromatic heterocycles. The van der Waals surface area contributed by atoms with Crippen molar-refractivity contribution in [2.45, 2.75) is 33.1 Å². The summed E-state index contributed by atoms with van der Waals surface area (Å²) in [5.74, 6) is 0.374. The predicted molar refractivity (Wildman–Crippen MR) is 106 cm³/mol. The molecule has 1 fully saturated rings. The molecule has 1 saturated heterocycles. The van der Waals surface area contributed by atoms with Crippen molar-refractivity contribution in [3.8, 4) is 0 Å². The largest absolute Gasteiger partial charge is 0.355 e. The third kappa shape index (κ3) is 5.99. The van der Waals surface area contributed by atoms with Gasteiger partial charge >= 0.3 is 0 Å². The van der Waals surface area contributed by atoms with Gasteiger partial charge in [0, 0.05) is 6.54 Å². The number of rotatable bonds is 7. The standard InChI is InChI=1S/C19H31N3O3S/c1-15-5-6-18(13-16(15)2)22(26(4,24)25)14-19(23)20-10-7-17-8-11-21(3)12-9-17/h5-6,13,17H,7-12,14H2,1-4H3,(H,20,23). The molecule has 6 nitrogen and oxygen atoms in total. The Bertz CT molecular complexity index is 726. The van der Waals surface area contributed by atoms with Crippen LogP contribution in [0.1, 0.15) is 30.4 Å². The lowest BCUT2D eigenvalue weighted by atomic mass is 9.94. The van der Waals surface area contributed by atoms with Gasteiger partial charge in [-0.3, -0.25) is 9.10 Å². The van der Waals surface area contributed by atoms with E-state index in [0.29, 0.717) is 18.2 Å². The first-order valence-corrected chi connectivity index (χ1v) is 11.0. The molecule has 2 rings (SSSR count). The zero-order chi connectivity index (χ0) is 19.3. The Hall–Kier alpha value is -1.60. The lowest BCUT2D eigenvalue weighted by molar-refractivity contribution is -0.119. The van der Waals surface area contributed by atoms with Crippen LogP contribution in [0, 0.1) is 19.8 Å². The summed E-state index contributed by atoms with van der Waals surface area (Å²) in [4.78, 5) is 14.6. The highest BCUT2D eigenvalue weighted by Crippen LogP contribution is 2.21. The van der Waals surface area contributed by atoms with Crippen LogP contribution in [0.5, 0.6) is 0 Å². The number of hydrogen-bond donors (Lipinski definition) is 1. The number of nitrogens with zero attached hydrogens (tertiary/aromatic N) is 2. The first-order valence-electron chi connectivity index (χ1n) is 9.17. The van der Waals surface area contributed by atoms with Crippen molar-refractivity contribution in [1.82, 2.24) is 10.2 Å². The molecule has 0 atom stereocenters. The minimum atomic E-state index is -3.53. The summed E-state index contributed by atoms with van der Waals surface area (Å²) in [6, 6.07) is 5.43. The van der Waals surface area contributed by atoms with Crippen LogP contribution < -0.4 is 9.62 Å². The number of carbonyl (C=O) groups excluding carboxylic acids is 1. The molecule has 0 aliphatic carbocycles. The van der Waals surface area contributed by atoms with E-state index < -0.39 is 10.0 Å². The van der Waals surface area contributed by atoms with Gasteiger partial charge < -0.3 is 10.2 Å². The summed E-state index contributed by atoms with van der Waals surface area (Å²) in [5, 5.41) is 2.88. The van der Waals surface area contributed by atoms with Gasteiger partial charge in [-0.1, -0.05) is 6.07 Å². The van der Waals surface area contributed by atoms with Gasteiger partial charge in [0.05, 0.1) is 11.9 Å². The van der Waals surface area contributed by atoms with Gasteiger partial charge in [0.1, 0.15) is 6.54 Å². The molecule has 0 saturated carbocycles. The van der Waals surface area contributed by atoms with E-state index in [9.17, 15) is 13.2 Å². The van der Waals surface area contributed by atoms with E-state index in [0.717, 1.165) is 49.7 Å². The predicted octanol–water partition coefficient (Wildman–Crippen LogP) is 1.92. The van der Waals surface area contributed by atoms with Crippen LogP contribution in [-0.2, 0) is 14.8 Å². The molecule has 1 N–H and O–H groups in total. The van der Waals surface area contributed by atoms with Crippen LogP contribution in [-0.4, -0.2) is 58.7 Å². The van der Waals surface area contributed by atoms with Gasteiger partial charge in [-0.2, -0.15) is 0 Å². The number of aryl methyl sites for hydroxylation is 2. The van der Waals surface area contributed by atoms with Gasteiger partial charge in [-0.25, -0.2) is 8.42 Å². The van der Waals surface area contributed by atoms with E-state index in [-0.39, 0.29) is 12.5 Å². The van der Waals surface area contributed by atoms with Crippen LogP contribution in [0.4, 0.5) is 5.69 Å². The molecule has 0 unspecified atom stereocenters. The molecule has 1 aromatic rings. The summed E-state index contributed by atoms with van der Waals surface area (Å²) in [6.45, 7) is 6.52. The number of amides is 1. The van der Waals surface area contributed by atoms with Crippen molar-refractivity contribution in [3.05, 3.63) is 29.3 Å². The minimum absolute atomic E-state index is 0.186. The summed E-state index contributed by atoms with van der Waals surface area (Å²) < 4.78 is 25.5. The second-order valence-electron chi connectivity index (χ2n) is 7.42. The molecule has 1 aromatic carbocycles. The molecular formula is C19H31N3O3S. The second-order valence-corrected chi connectivity index (χ2v) is 9.33. The Morgan fingerprint density at radius 3 is 2.46 bits per heavy atom. The third-order valence-corrected chi connectivity index (χ3v) is 6.32. The van der Waals surface area contributed by atoms with Crippen LogP contribution in [0.2, 0.25) is 0 Å². The van der Waals surface area contributed by atoms with Gasteiger partial charge in [0.2, 0.25) is 15.9 Å². The fourth-order valence-corrected chi connectivity index (χ4v) is 4.08. The van der Waals surface area contributed by atoms with E-state index >= 15 is 0 Å². The lowest BCUT2D eigenvalue weighted by Gasteiger charge is -2.29. The summed E-state index contributed by atoms with van der Waals surface area (Å²) in [7, 11) is -1.40. The molecule has 0 bridgehead atoms. The van der Waals surface area contributed by atoms with E-state index in [1.54, 1.807) is 6.07 Å². The zero-order valence-corrected chi connectivity index (χ0v) is 17.1. The summed E-state index contributed by atoms with van der Waals surface area (Å²) in [6.07, 6.45) is 4.39. The summed E-state index contributed by atoms with van der Waals surface area (Å²) >= 11 is 0. The van der Waals surface area contributed by atoms with E-state index in [1.807, 2.05) is 26.0 Å². The van der Waals surface area contributed by atoms with Crippen LogP contribution in [0.15, 0.2) is 18.2 Å². The fourth-order valence-electron chi connectivity index (χ4n) is 3.23. The highest BCUT2D eigenvalue weighted by atomic mass is 32.2.